The summed E-state index contributed by atoms with van der Waals surface area (Å²) in [5.74, 6) is 0.101. The molecule has 2 N–H and O–H groups in total. The number of anilines is 2. The van der Waals surface area contributed by atoms with Crippen LogP contribution in [0.5, 0.6) is 5.75 Å². The molecule has 0 aromatic heterocycles. The van der Waals surface area contributed by atoms with Crippen LogP contribution in [0.3, 0.4) is 0 Å². The minimum Gasteiger partial charge on any atom is -0.477 e. The lowest BCUT2D eigenvalue weighted by Crippen LogP contribution is -2.50. The Bertz CT molecular complexity index is 846. The van der Waals surface area contributed by atoms with Crippen molar-refractivity contribution in [3.63, 3.8) is 0 Å². The zero-order chi connectivity index (χ0) is 18.7. The van der Waals surface area contributed by atoms with Gasteiger partial charge in [0.05, 0.1) is 29.5 Å². The highest BCUT2D eigenvalue weighted by Gasteiger charge is 2.31. The third kappa shape index (κ3) is 4.11. The van der Waals surface area contributed by atoms with E-state index >= 15 is 0 Å². The molecule has 0 saturated heterocycles. The molecule has 1 heterocycles. The van der Waals surface area contributed by atoms with Gasteiger partial charge in [-0.25, -0.2) is 0 Å². The minimum atomic E-state index is -0.682. The third-order valence-corrected chi connectivity index (χ3v) is 4.75. The molecule has 0 fully saturated rings. The zero-order valence-electron chi connectivity index (χ0n) is 14.0. The number of carbonyl (C=O) groups excluding carboxylic acids is 2. The molecule has 2 aromatic rings. The number of likely N-dealkylation sites (N-methyl/N-ethyl adjacent to an activating group) is 1. The predicted octanol–water partition coefficient (Wildman–Crippen LogP) is 3.05. The summed E-state index contributed by atoms with van der Waals surface area (Å²) in [6, 6.07) is 12.6. The van der Waals surface area contributed by atoms with Crippen LogP contribution in [0.1, 0.15) is 0 Å². The van der Waals surface area contributed by atoms with Crippen molar-refractivity contribution >= 4 is 50.7 Å². The summed E-state index contributed by atoms with van der Waals surface area (Å²) in [5.41, 5.74) is 1.30. The fourth-order valence-electron chi connectivity index (χ4n) is 2.71. The van der Waals surface area contributed by atoms with E-state index in [1.165, 1.54) is 0 Å². The van der Waals surface area contributed by atoms with Gasteiger partial charge in [-0.05, 0) is 30.3 Å². The van der Waals surface area contributed by atoms with Gasteiger partial charge in [0.25, 0.3) is 5.91 Å². The van der Waals surface area contributed by atoms with Crippen LogP contribution in [-0.2, 0) is 9.59 Å². The maximum atomic E-state index is 12.5. The van der Waals surface area contributed by atoms with Gasteiger partial charge >= 0.3 is 0 Å². The van der Waals surface area contributed by atoms with Gasteiger partial charge in [-0.3, -0.25) is 9.59 Å². The Labute approximate surface area is 164 Å². The van der Waals surface area contributed by atoms with Gasteiger partial charge in [0, 0.05) is 11.5 Å². The van der Waals surface area contributed by atoms with Crippen LogP contribution in [0.25, 0.3) is 0 Å². The van der Waals surface area contributed by atoms with Crippen LogP contribution in [0.15, 0.2) is 46.9 Å². The lowest BCUT2D eigenvalue weighted by molar-refractivity contribution is -0.127. The van der Waals surface area contributed by atoms with Crippen molar-refractivity contribution in [3.8, 4) is 5.75 Å². The number of benzene rings is 2. The van der Waals surface area contributed by atoms with E-state index in [-0.39, 0.29) is 24.9 Å². The lowest BCUT2D eigenvalue weighted by Gasteiger charge is -2.35. The SMILES string of the molecule is CNC(=O)[C@H]1CN(CC(=O)Nc2ccc(Br)cc2Cl)c2ccccc2O1. The van der Waals surface area contributed by atoms with E-state index in [0.29, 0.717) is 16.5 Å². The van der Waals surface area contributed by atoms with Gasteiger partial charge in [-0.15, -0.1) is 0 Å². The Kier molecular flexibility index (Phi) is 5.68. The van der Waals surface area contributed by atoms with Crippen molar-refractivity contribution in [1.29, 1.82) is 0 Å². The number of nitrogens with zero attached hydrogens (tertiary/aromatic N) is 1. The number of halogens is 2. The zero-order valence-corrected chi connectivity index (χ0v) is 16.3. The first kappa shape index (κ1) is 18.5. The monoisotopic (exact) mass is 437 g/mol. The van der Waals surface area contributed by atoms with E-state index in [0.717, 1.165) is 10.2 Å². The number of fused-ring (bicyclic) bond motifs is 1. The molecule has 3 rings (SSSR count). The standard InChI is InChI=1S/C18H17BrClN3O3/c1-21-18(25)16-9-23(14-4-2-3-5-15(14)26-16)10-17(24)22-13-7-6-11(19)8-12(13)20/h2-8,16H,9-10H2,1H3,(H,21,25)(H,22,24)/t16-/m1/s1. The number of hydrogen-bond acceptors (Lipinski definition) is 4. The first-order valence-corrected chi connectivity index (χ1v) is 9.12. The summed E-state index contributed by atoms with van der Waals surface area (Å²) >= 11 is 9.48. The van der Waals surface area contributed by atoms with Crippen LogP contribution in [0.4, 0.5) is 11.4 Å². The van der Waals surface area contributed by atoms with E-state index in [4.69, 9.17) is 16.3 Å². The number of rotatable bonds is 4. The van der Waals surface area contributed by atoms with Crippen molar-refractivity contribution < 1.29 is 14.3 Å². The molecule has 6 nitrogen and oxygen atoms in total. The number of amides is 2. The van der Waals surface area contributed by atoms with Crippen molar-refractivity contribution in [3.05, 3.63) is 52.0 Å². The summed E-state index contributed by atoms with van der Waals surface area (Å²) in [7, 11) is 1.55. The summed E-state index contributed by atoms with van der Waals surface area (Å²) in [6.07, 6.45) is -0.682. The normalized spacial score (nSPS) is 15.7. The van der Waals surface area contributed by atoms with Crippen molar-refractivity contribution in [2.45, 2.75) is 6.10 Å². The average molecular weight is 439 g/mol. The largest absolute Gasteiger partial charge is 0.477 e. The Morgan fingerprint density at radius 1 is 1.31 bits per heavy atom. The van der Waals surface area contributed by atoms with Crippen LogP contribution >= 0.6 is 27.5 Å². The molecule has 1 atom stereocenters. The summed E-state index contributed by atoms with van der Waals surface area (Å²) < 4.78 is 6.56. The Morgan fingerprint density at radius 2 is 2.08 bits per heavy atom. The van der Waals surface area contributed by atoms with E-state index < -0.39 is 6.10 Å². The van der Waals surface area contributed by atoms with Gasteiger partial charge in [-0.2, -0.15) is 0 Å². The molecular weight excluding hydrogens is 422 g/mol. The number of ether oxygens (including phenoxy) is 1. The topological polar surface area (TPSA) is 70.7 Å². The molecule has 2 aromatic carbocycles. The Morgan fingerprint density at radius 3 is 2.81 bits per heavy atom. The van der Waals surface area contributed by atoms with Gasteiger partial charge in [0.15, 0.2) is 6.10 Å². The molecule has 0 radical (unpaired) electrons. The van der Waals surface area contributed by atoms with E-state index in [1.807, 2.05) is 23.1 Å². The molecule has 0 bridgehead atoms. The third-order valence-electron chi connectivity index (χ3n) is 3.94. The summed E-state index contributed by atoms with van der Waals surface area (Å²) in [6.45, 7) is 0.346. The molecule has 136 valence electrons. The number of carbonyl (C=O) groups is 2. The molecule has 0 saturated carbocycles. The molecule has 2 amide bonds. The molecule has 0 unspecified atom stereocenters. The molecule has 1 aliphatic rings. The van der Waals surface area contributed by atoms with Crippen molar-refractivity contribution in [2.75, 3.05) is 30.4 Å². The lowest BCUT2D eigenvalue weighted by atomic mass is 10.1. The predicted molar refractivity (Wildman–Crippen MR) is 105 cm³/mol. The van der Waals surface area contributed by atoms with Crippen LogP contribution in [-0.4, -0.2) is 38.1 Å². The van der Waals surface area contributed by atoms with E-state index in [2.05, 4.69) is 26.6 Å². The quantitative estimate of drug-likeness (QED) is 0.770. The molecule has 0 spiro atoms. The summed E-state index contributed by atoms with van der Waals surface area (Å²) in [4.78, 5) is 26.3. The second-order valence-corrected chi connectivity index (χ2v) is 7.06. The van der Waals surface area contributed by atoms with Gasteiger partial charge in [0.1, 0.15) is 5.75 Å². The van der Waals surface area contributed by atoms with E-state index in [1.54, 1.807) is 31.3 Å². The first-order valence-electron chi connectivity index (χ1n) is 7.95. The summed E-state index contributed by atoms with van der Waals surface area (Å²) in [5, 5.41) is 5.82. The van der Waals surface area contributed by atoms with E-state index in [9.17, 15) is 9.59 Å². The Balaban J connectivity index is 1.76. The van der Waals surface area contributed by atoms with Crippen LogP contribution in [0.2, 0.25) is 5.02 Å². The smallest absolute Gasteiger partial charge is 0.262 e. The first-order chi connectivity index (χ1) is 12.5. The second-order valence-electron chi connectivity index (χ2n) is 5.74. The molecule has 1 aliphatic heterocycles. The highest BCUT2D eigenvalue weighted by Crippen LogP contribution is 2.33. The Hall–Kier alpha value is -2.25. The minimum absolute atomic E-state index is 0.0697. The second kappa shape index (κ2) is 7.97. The van der Waals surface area contributed by atoms with Crippen molar-refractivity contribution in [2.24, 2.45) is 0 Å². The van der Waals surface area contributed by atoms with Crippen LogP contribution in [0, 0.1) is 0 Å². The van der Waals surface area contributed by atoms with Gasteiger partial charge in [0.2, 0.25) is 5.91 Å². The number of nitrogens with one attached hydrogen (secondary N) is 2. The van der Waals surface area contributed by atoms with Crippen molar-refractivity contribution in [1.82, 2.24) is 5.32 Å². The van der Waals surface area contributed by atoms with Crippen LogP contribution < -0.4 is 20.3 Å². The fourth-order valence-corrected chi connectivity index (χ4v) is 3.43. The maximum Gasteiger partial charge on any atom is 0.262 e. The number of hydrogen-bond donors (Lipinski definition) is 2. The molecule has 0 aliphatic carbocycles. The molecule has 26 heavy (non-hydrogen) atoms. The highest BCUT2D eigenvalue weighted by atomic mass is 79.9. The van der Waals surface area contributed by atoms with Gasteiger partial charge in [-0.1, -0.05) is 39.7 Å². The molecular formula is C18H17BrClN3O3. The highest BCUT2D eigenvalue weighted by molar-refractivity contribution is 9.10. The van der Waals surface area contributed by atoms with Gasteiger partial charge < -0.3 is 20.3 Å². The molecule has 8 heteroatoms. The fraction of sp³-hybridized carbons (Fsp3) is 0.222. The number of para-hydroxylation sites is 2. The average Bonchev–Trinajstić information content (AvgIpc) is 2.63. The maximum absolute atomic E-state index is 12.5.